The van der Waals surface area contributed by atoms with E-state index in [0.717, 1.165) is 16.8 Å². The molecule has 1 saturated heterocycles. The van der Waals surface area contributed by atoms with E-state index in [1.807, 2.05) is 96.0 Å². The molecule has 0 aromatic heterocycles. The first-order valence-electron chi connectivity index (χ1n) is 11.4. The predicted molar refractivity (Wildman–Crippen MR) is 136 cm³/mol. The van der Waals surface area contributed by atoms with Crippen molar-refractivity contribution in [1.82, 2.24) is 9.73 Å². The summed E-state index contributed by atoms with van der Waals surface area (Å²) in [7, 11) is -3.53. The van der Waals surface area contributed by atoms with Crippen LogP contribution in [0.4, 0.5) is 5.69 Å². The number of sulfonamides is 1. The minimum atomic E-state index is -3.53. The van der Waals surface area contributed by atoms with E-state index in [-0.39, 0.29) is 11.8 Å². The van der Waals surface area contributed by atoms with Gasteiger partial charge in [0.05, 0.1) is 12.2 Å². The molecule has 1 N–H and O–H groups in total. The van der Waals surface area contributed by atoms with E-state index in [9.17, 15) is 13.2 Å². The molecule has 0 bridgehead atoms. The van der Waals surface area contributed by atoms with Crippen molar-refractivity contribution in [3.05, 3.63) is 108 Å². The molecule has 3 aromatic rings. The number of hydrogen-bond donors (Lipinski definition) is 1. The van der Waals surface area contributed by atoms with Gasteiger partial charge in [0.25, 0.3) is 0 Å². The average molecular weight is 476 g/mol. The molecule has 1 heterocycles. The standard InChI is InChI=1S/C27H29N3O3S/c31-27(28-30(26-14-8-3-9-15-26)22-24-12-6-2-7-13-24)25-16-19-29(20-17-25)34(32,33)21-18-23-10-4-1-5-11-23/h1-15,18,21,25H,16-17,19-20,22H2,(H,28,31)/b21-18+. The van der Waals surface area contributed by atoms with Crippen LogP contribution in [0.3, 0.4) is 0 Å². The zero-order chi connectivity index (χ0) is 23.8. The van der Waals surface area contributed by atoms with Crippen LogP contribution in [0.2, 0.25) is 0 Å². The zero-order valence-electron chi connectivity index (χ0n) is 19.0. The number of piperidine rings is 1. The summed E-state index contributed by atoms with van der Waals surface area (Å²) in [6.07, 6.45) is 2.58. The van der Waals surface area contributed by atoms with Gasteiger partial charge in [-0.05, 0) is 42.2 Å². The molecule has 1 aliphatic rings. The Bertz CT molecular complexity index is 1190. The number of hydrazine groups is 1. The van der Waals surface area contributed by atoms with Crippen molar-refractivity contribution < 1.29 is 13.2 Å². The summed E-state index contributed by atoms with van der Waals surface area (Å²) in [5.74, 6) is -0.330. The van der Waals surface area contributed by atoms with Crippen LogP contribution in [0, 0.1) is 5.92 Å². The first-order valence-corrected chi connectivity index (χ1v) is 12.9. The molecule has 3 aromatic carbocycles. The lowest BCUT2D eigenvalue weighted by Crippen LogP contribution is -2.48. The summed E-state index contributed by atoms with van der Waals surface area (Å²) in [6, 6.07) is 29.0. The van der Waals surface area contributed by atoms with Gasteiger partial charge in [0, 0.05) is 24.4 Å². The Morgan fingerprint density at radius 3 is 2.06 bits per heavy atom. The summed E-state index contributed by atoms with van der Waals surface area (Å²) in [5.41, 5.74) is 5.87. The Balaban J connectivity index is 1.37. The normalized spacial score (nSPS) is 15.3. The van der Waals surface area contributed by atoms with Crippen molar-refractivity contribution in [3.8, 4) is 0 Å². The lowest BCUT2D eigenvalue weighted by atomic mass is 9.97. The molecule has 1 aliphatic heterocycles. The van der Waals surface area contributed by atoms with Gasteiger partial charge in [-0.2, -0.15) is 4.31 Å². The number of rotatable bonds is 8. The number of carbonyl (C=O) groups is 1. The minimum Gasteiger partial charge on any atom is -0.281 e. The van der Waals surface area contributed by atoms with Crippen LogP contribution in [0.5, 0.6) is 0 Å². The van der Waals surface area contributed by atoms with Crippen molar-refractivity contribution in [2.75, 3.05) is 18.1 Å². The summed E-state index contributed by atoms with van der Waals surface area (Å²) < 4.78 is 26.9. The maximum atomic E-state index is 13.1. The third-order valence-electron chi connectivity index (χ3n) is 5.91. The maximum Gasteiger partial charge on any atom is 0.241 e. The molecular formula is C27H29N3O3S. The van der Waals surface area contributed by atoms with Gasteiger partial charge in [-0.25, -0.2) is 8.42 Å². The largest absolute Gasteiger partial charge is 0.281 e. The third kappa shape index (κ3) is 6.34. The lowest BCUT2D eigenvalue weighted by Gasteiger charge is -2.32. The molecule has 7 heteroatoms. The Kier molecular flexibility index (Phi) is 7.77. The van der Waals surface area contributed by atoms with Crippen LogP contribution < -0.4 is 10.4 Å². The average Bonchev–Trinajstić information content (AvgIpc) is 2.89. The fourth-order valence-electron chi connectivity index (χ4n) is 3.98. The lowest BCUT2D eigenvalue weighted by molar-refractivity contribution is -0.126. The fourth-order valence-corrected chi connectivity index (χ4v) is 5.20. The van der Waals surface area contributed by atoms with Gasteiger partial charge in [-0.15, -0.1) is 0 Å². The van der Waals surface area contributed by atoms with Gasteiger partial charge in [-0.1, -0.05) is 78.9 Å². The second-order valence-corrected chi connectivity index (χ2v) is 10.1. The quantitative estimate of drug-likeness (QED) is 0.489. The molecule has 34 heavy (non-hydrogen) atoms. The van der Waals surface area contributed by atoms with Gasteiger partial charge in [0.1, 0.15) is 0 Å². The van der Waals surface area contributed by atoms with Crippen LogP contribution in [0.15, 0.2) is 96.4 Å². The molecule has 0 saturated carbocycles. The van der Waals surface area contributed by atoms with Gasteiger partial charge >= 0.3 is 0 Å². The van der Waals surface area contributed by atoms with Crippen LogP contribution in [-0.4, -0.2) is 31.7 Å². The first-order chi connectivity index (χ1) is 16.5. The number of nitrogens with one attached hydrogen (secondary N) is 1. The first kappa shape index (κ1) is 23.7. The summed E-state index contributed by atoms with van der Waals surface area (Å²) >= 11 is 0. The molecule has 0 atom stereocenters. The predicted octanol–water partition coefficient (Wildman–Crippen LogP) is 4.44. The monoisotopic (exact) mass is 475 g/mol. The smallest absolute Gasteiger partial charge is 0.241 e. The number of hydrogen-bond acceptors (Lipinski definition) is 4. The molecule has 6 nitrogen and oxygen atoms in total. The molecule has 0 spiro atoms. The van der Waals surface area contributed by atoms with E-state index in [1.54, 1.807) is 6.08 Å². The number of benzene rings is 3. The fraction of sp³-hybridized carbons (Fsp3) is 0.222. The molecule has 1 fully saturated rings. The van der Waals surface area contributed by atoms with Crippen LogP contribution in [-0.2, 0) is 21.4 Å². The third-order valence-corrected chi connectivity index (χ3v) is 7.48. The summed E-state index contributed by atoms with van der Waals surface area (Å²) in [5, 5.41) is 3.10. The number of anilines is 1. The van der Waals surface area contributed by atoms with Gasteiger partial charge in [0.15, 0.2) is 0 Å². The van der Waals surface area contributed by atoms with E-state index >= 15 is 0 Å². The van der Waals surface area contributed by atoms with Crippen LogP contribution >= 0.6 is 0 Å². The van der Waals surface area contributed by atoms with Crippen molar-refractivity contribution in [3.63, 3.8) is 0 Å². The van der Waals surface area contributed by atoms with Crippen molar-refractivity contribution in [2.24, 2.45) is 5.92 Å². The second kappa shape index (κ2) is 11.1. The molecule has 1 amide bonds. The highest BCUT2D eigenvalue weighted by Gasteiger charge is 2.30. The van der Waals surface area contributed by atoms with E-state index in [2.05, 4.69) is 5.43 Å². The number of nitrogens with zero attached hydrogens (tertiary/aromatic N) is 2. The number of para-hydroxylation sites is 1. The summed E-state index contributed by atoms with van der Waals surface area (Å²) in [4.78, 5) is 13.1. The Morgan fingerprint density at radius 2 is 1.44 bits per heavy atom. The van der Waals surface area contributed by atoms with E-state index in [4.69, 9.17) is 0 Å². The van der Waals surface area contributed by atoms with Gasteiger partial charge in [-0.3, -0.25) is 15.2 Å². The van der Waals surface area contributed by atoms with Crippen molar-refractivity contribution in [2.45, 2.75) is 19.4 Å². The van der Waals surface area contributed by atoms with E-state index < -0.39 is 10.0 Å². The van der Waals surface area contributed by atoms with Crippen LogP contribution in [0.25, 0.3) is 6.08 Å². The number of carbonyl (C=O) groups excluding carboxylic acids is 1. The van der Waals surface area contributed by atoms with Crippen molar-refractivity contribution >= 4 is 27.7 Å². The molecule has 0 aliphatic carbocycles. The van der Waals surface area contributed by atoms with E-state index in [1.165, 1.54) is 9.71 Å². The Hall–Kier alpha value is -3.42. The molecule has 0 unspecified atom stereocenters. The molecule has 4 rings (SSSR count). The highest BCUT2D eigenvalue weighted by Crippen LogP contribution is 2.22. The van der Waals surface area contributed by atoms with Crippen molar-refractivity contribution in [1.29, 1.82) is 0 Å². The van der Waals surface area contributed by atoms with E-state index in [0.29, 0.717) is 32.5 Å². The zero-order valence-corrected chi connectivity index (χ0v) is 19.8. The van der Waals surface area contributed by atoms with Gasteiger partial charge < -0.3 is 0 Å². The Morgan fingerprint density at radius 1 is 0.882 bits per heavy atom. The van der Waals surface area contributed by atoms with Crippen LogP contribution in [0.1, 0.15) is 24.0 Å². The SMILES string of the molecule is O=C(NN(Cc1ccccc1)c1ccccc1)C1CCN(S(=O)(=O)/C=C/c2ccccc2)CC1. The van der Waals surface area contributed by atoms with Gasteiger partial charge in [0.2, 0.25) is 15.9 Å². The molecule has 0 radical (unpaired) electrons. The second-order valence-electron chi connectivity index (χ2n) is 8.32. The number of amides is 1. The highest BCUT2D eigenvalue weighted by molar-refractivity contribution is 7.92. The topological polar surface area (TPSA) is 69.7 Å². The molecular weight excluding hydrogens is 446 g/mol. The summed E-state index contributed by atoms with van der Waals surface area (Å²) in [6.45, 7) is 1.18. The molecule has 176 valence electrons. The highest BCUT2D eigenvalue weighted by atomic mass is 32.2. The Labute approximate surface area is 201 Å². The maximum absolute atomic E-state index is 13.1. The minimum absolute atomic E-state index is 0.0864.